The van der Waals surface area contributed by atoms with Crippen molar-refractivity contribution in [2.75, 3.05) is 6.61 Å². The molecule has 0 radical (unpaired) electrons. The summed E-state index contributed by atoms with van der Waals surface area (Å²) < 4.78 is 6.17. The molecule has 0 spiro atoms. The van der Waals surface area contributed by atoms with Crippen LogP contribution in [0.15, 0.2) is 30.8 Å². The van der Waals surface area contributed by atoms with E-state index in [2.05, 4.69) is 64.7 Å². The lowest BCUT2D eigenvalue weighted by Gasteiger charge is -2.27. The van der Waals surface area contributed by atoms with Crippen molar-refractivity contribution in [3.05, 3.63) is 36.4 Å². The van der Waals surface area contributed by atoms with Gasteiger partial charge < -0.3 is 4.43 Å². The standard InChI is InChI=1S/C15H24OSi/c1-12(2)11-16-17(5,6)15-10-8-7-9-14(15)13(3)4/h7-10,12H,3,11H2,1-2,4-6H3. The van der Waals surface area contributed by atoms with E-state index >= 15 is 0 Å². The summed E-state index contributed by atoms with van der Waals surface area (Å²) in [5, 5.41) is 1.35. The largest absolute Gasteiger partial charge is 0.413 e. The summed E-state index contributed by atoms with van der Waals surface area (Å²) in [6.45, 7) is 15.9. The predicted molar refractivity (Wildman–Crippen MR) is 79.1 cm³/mol. The summed E-state index contributed by atoms with van der Waals surface area (Å²) in [5.74, 6) is 0.582. The molecule has 0 aromatic heterocycles. The Balaban J connectivity index is 3.01. The van der Waals surface area contributed by atoms with Gasteiger partial charge in [0.2, 0.25) is 8.32 Å². The Hall–Kier alpha value is -0.863. The van der Waals surface area contributed by atoms with Crippen molar-refractivity contribution in [2.45, 2.75) is 33.9 Å². The number of allylic oxidation sites excluding steroid dienone is 1. The van der Waals surface area contributed by atoms with Crippen LogP contribution in [0.3, 0.4) is 0 Å². The molecule has 0 bridgehead atoms. The molecule has 0 atom stereocenters. The number of hydrogen-bond acceptors (Lipinski definition) is 1. The van der Waals surface area contributed by atoms with Crippen LogP contribution in [0.2, 0.25) is 13.1 Å². The van der Waals surface area contributed by atoms with E-state index in [4.69, 9.17) is 4.43 Å². The first kappa shape index (κ1) is 14.2. The van der Waals surface area contributed by atoms with Crippen molar-refractivity contribution in [3.8, 4) is 0 Å². The first-order chi connectivity index (χ1) is 7.84. The smallest absolute Gasteiger partial charge is 0.218 e. The van der Waals surface area contributed by atoms with E-state index in [1.165, 1.54) is 10.8 Å². The molecular formula is C15H24OSi. The van der Waals surface area contributed by atoms with Gasteiger partial charge in [-0.15, -0.1) is 0 Å². The van der Waals surface area contributed by atoms with E-state index in [0.29, 0.717) is 5.92 Å². The van der Waals surface area contributed by atoms with Gasteiger partial charge in [0.25, 0.3) is 0 Å². The third-order valence-electron chi connectivity index (χ3n) is 2.81. The zero-order valence-corrected chi connectivity index (χ0v) is 12.7. The van der Waals surface area contributed by atoms with Crippen molar-refractivity contribution >= 4 is 19.1 Å². The number of benzene rings is 1. The number of hydrogen-bond donors (Lipinski definition) is 0. The molecule has 94 valence electrons. The maximum absolute atomic E-state index is 6.17. The van der Waals surface area contributed by atoms with Gasteiger partial charge in [-0.2, -0.15) is 0 Å². The van der Waals surface area contributed by atoms with Crippen molar-refractivity contribution in [3.63, 3.8) is 0 Å². The van der Waals surface area contributed by atoms with E-state index in [1.54, 1.807) is 0 Å². The molecule has 0 fully saturated rings. The molecule has 0 saturated carbocycles. The van der Waals surface area contributed by atoms with Gasteiger partial charge in [-0.1, -0.05) is 50.3 Å². The Labute approximate surface area is 107 Å². The molecule has 0 heterocycles. The Kier molecular flexibility index (Phi) is 4.72. The predicted octanol–water partition coefficient (Wildman–Crippen LogP) is 3.80. The Bertz CT molecular complexity index is 394. The molecule has 0 saturated heterocycles. The molecule has 0 amide bonds. The van der Waals surface area contributed by atoms with E-state index in [0.717, 1.165) is 12.2 Å². The molecule has 1 aromatic carbocycles. The Morgan fingerprint density at radius 2 is 1.88 bits per heavy atom. The first-order valence-corrected chi connectivity index (χ1v) is 9.14. The summed E-state index contributed by atoms with van der Waals surface area (Å²) in [6, 6.07) is 8.50. The molecule has 0 unspecified atom stereocenters. The molecular weight excluding hydrogens is 224 g/mol. The molecule has 0 N–H and O–H groups in total. The summed E-state index contributed by atoms with van der Waals surface area (Å²) in [6.07, 6.45) is 0. The normalized spacial score (nSPS) is 11.9. The highest BCUT2D eigenvalue weighted by molar-refractivity contribution is 6.85. The molecule has 0 aliphatic carbocycles. The van der Waals surface area contributed by atoms with Gasteiger partial charge in [0.05, 0.1) is 0 Å². The van der Waals surface area contributed by atoms with E-state index in [9.17, 15) is 0 Å². The molecule has 1 rings (SSSR count). The van der Waals surface area contributed by atoms with Crippen LogP contribution < -0.4 is 5.19 Å². The maximum atomic E-state index is 6.17. The lowest BCUT2D eigenvalue weighted by atomic mass is 10.1. The highest BCUT2D eigenvalue weighted by atomic mass is 28.4. The molecule has 1 aromatic rings. The van der Waals surface area contributed by atoms with Crippen LogP contribution in [0.1, 0.15) is 26.3 Å². The van der Waals surface area contributed by atoms with Gasteiger partial charge in [0.15, 0.2) is 0 Å². The van der Waals surface area contributed by atoms with Crippen molar-refractivity contribution in [1.29, 1.82) is 0 Å². The summed E-state index contributed by atoms with van der Waals surface area (Å²) in [5.41, 5.74) is 2.38. The Morgan fingerprint density at radius 1 is 1.29 bits per heavy atom. The second-order valence-electron chi connectivity index (χ2n) is 5.54. The monoisotopic (exact) mass is 248 g/mol. The zero-order chi connectivity index (χ0) is 13.1. The summed E-state index contributed by atoms with van der Waals surface area (Å²) in [7, 11) is -1.81. The molecule has 0 aliphatic heterocycles. The van der Waals surface area contributed by atoms with Gasteiger partial charge in [0, 0.05) is 6.61 Å². The molecule has 2 heteroatoms. The average molecular weight is 248 g/mol. The van der Waals surface area contributed by atoms with Crippen LogP contribution in [-0.2, 0) is 4.43 Å². The van der Waals surface area contributed by atoms with Crippen LogP contribution in [-0.4, -0.2) is 14.9 Å². The minimum absolute atomic E-state index is 0.582. The van der Waals surface area contributed by atoms with Crippen molar-refractivity contribution < 1.29 is 4.43 Å². The fourth-order valence-corrected chi connectivity index (χ4v) is 4.18. The van der Waals surface area contributed by atoms with Gasteiger partial charge in [0.1, 0.15) is 0 Å². The second-order valence-corrected chi connectivity index (χ2v) is 9.39. The first-order valence-electron chi connectivity index (χ1n) is 6.24. The SMILES string of the molecule is C=C(C)c1ccccc1[Si](C)(C)OCC(C)C. The van der Waals surface area contributed by atoms with Crippen LogP contribution >= 0.6 is 0 Å². The molecule has 17 heavy (non-hydrogen) atoms. The lowest BCUT2D eigenvalue weighted by Crippen LogP contribution is -2.47. The second kappa shape index (κ2) is 5.65. The van der Waals surface area contributed by atoms with E-state index in [-0.39, 0.29) is 0 Å². The van der Waals surface area contributed by atoms with Crippen molar-refractivity contribution in [1.82, 2.24) is 0 Å². The minimum Gasteiger partial charge on any atom is -0.413 e. The topological polar surface area (TPSA) is 9.23 Å². The third-order valence-corrected chi connectivity index (χ3v) is 5.43. The fourth-order valence-electron chi connectivity index (χ4n) is 1.83. The van der Waals surface area contributed by atoms with Gasteiger partial charge in [-0.05, 0) is 36.7 Å². The molecule has 1 nitrogen and oxygen atoms in total. The lowest BCUT2D eigenvalue weighted by molar-refractivity contribution is 0.268. The fraction of sp³-hybridized carbons (Fsp3) is 0.467. The van der Waals surface area contributed by atoms with E-state index < -0.39 is 8.32 Å². The average Bonchev–Trinajstić information content (AvgIpc) is 2.26. The number of rotatable bonds is 5. The molecule has 0 aliphatic rings. The van der Waals surface area contributed by atoms with Crippen LogP contribution in [0.25, 0.3) is 5.57 Å². The minimum atomic E-state index is -1.81. The van der Waals surface area contributed by atoms with Crippen LogP contribution in [0.4, 0.5) is 0 Å². The third kappa shape index (κ3) is 3.82. The van der Waals surface area contributed by atoms with Crippen LogP contribution in [0, 0.1) is 5.92 Å². The quantitative estimate of drug-likeness (QED) is 0.720. The van der Waals surface area contributed by atoms with Gasteiger partial charge in [-0.3, -0.25) is 0 Å². The highest BCUT2D eigenvalue weighted by Crippen LogP contribution is 2.15. The van der Waals surface area contributed by atoms with E-state index in [1.807, 2.05) is 0 Å². The van der Waals surface area contributed by atoms with Crippen molar-refractivity contribution in [2.24, 2.45) is 5.92 Å². The van der Waals surface area contributed by atoms with Gasteiger partial charge >= 0.3 is 0 Å². The summed E-state index contributed by atoms with van der Waals surface area (Å²) >= 11 is 0. The summed E-state index contributed by atoms with van der Waals surface area (Å²) in [4.78, 5) is 0. The Morgan fingerprint density at radius 3 is 2.41 bits per heavy atom. The maximum Gasteiger partial charge on any atom is 0.218 e. The van der Waals surface area contributed by atoms with Gasteiger partial charge in [-0.25, -0.2) is 0 Å². The van der Waals surface area contributed by atoms with Crippen LogP contribution in [0.5, 0.6) is 0 Å². The zero-order valence-electron chi connectivity index (χ0n) is 11.7. The highest BCUT2D eigenvalue weighted by Gasteiger charge is 2.28.